The lowest BCUT2D eigenvalue weighted by atomic mass is 10.2. The lowest BCUT2D eigenvalue weighted by molar-refractivity contribution is -0.383. The summed E-state index contributed by atoms with van der Waals surface area (Å²) in [6.07, 6.45) is 2.46. The number of benzene rings is 1. The number of anilines is 1. The third-order valence-corrected chi connectivity index (χ3v) is 2.97. The lowest BCUT2D eigenvalue weighted by Gasteiger charge is -2.11. The fourth-order valence-corrected chi connectivity index (χ4v) is 1.83. The Balaban J connectivity index is 2.72. The molecule has 0 aliphatic carbocycles. The fourth-order valence-electron chi connectivity index (χ4n) is 1.34. The van der Waals surface area contributed by atoms with Crippen LogP contribution in [0.25, 0.3) is 0 Å². The summed E-state index contributed by atoms with van der Waals surface area (Å²) < 4.78 is 0. The third-order valence-electron chi connectivity index (χ3n) is 2.33. The molecule has 0 heterocycles. The number of nitro benzene ring substituents is 1. The number of carbonyl (C=O) groups is 1. The molecule has 0 aliphatic heterocycles. The Morgan fingerprint density at radius 2 is 2.22 bits per heavy atom. The number of carbonyl (C=O) groups excluding carboxylic acids is 1. The Hall–Kier alpha value is -1.60. The van der Waals surface area contributed by atoms with Crippen LogP contribution in [0.15, 0.2) is 24.3 Å². The van der Waals surface area contributed by atoms with E-state index >= 15 is 0 Å². The quantitative estimate of drug-likeness (QED) is 0.604. The predicted molar refractivity (Wildman–Crippen MR) is 72.7 cm³/mol. The van der Waals surface area contributed by atoms with Crippen molar-refractivity contribution in [2.45, 2.75) is 12.5 Å². The van der Waals surface area contributed by atoms with Crippen molar-refractivity contribution in [1.29, 1.82) is 0 Å². The molecule has 6 nitrogen and oxygen atoms in total. The number of nitrogens with zero attached hydrogens (tertiary/aromatic N) is 1. The number of rotatable bonds is 6. The van der Waals surface area contributed by atoms with E-state index < -0.39 is 16.9 Å². The molecule has 18 heavy (non-hydrogen) atoms. The molecular weight excluding hydrogens is 254 g/mol. The molecule has 7 heteroatoms. The molecular formula is C11H15N3O3S. The van der Waals surface area contributed by atoms with Gasteiger partial charge in [0.15, 0.2) is 0 Å². The number of hydrogen-bond donors (Lipinski definition) is 2. The van der Waals surface area contributed by atoms with Crippen molar-refractivity contribution >= 4 is 29.0 Å². The average molecular weight is 269 g/mol. The van der Waals surface area contributed by atoms with E-state index in [1.165, 1.54) is 12.1 Å². The van der Waals surface area contributed by atoms with Gasteiger partial charge >= 0.3 is 0 Å². The highest BCUT2D eigenvalue weighted by molar-refractivity contribution is 7.98. The largest absolute Gasteiger partial charge is 0.320 e. The second-order valence-corrected chi connectivity index (χ2v) is 4.64. The minimum atomic E-state index is -0.655. The molecule has 1 rings (SSSR count). The van der Waals surface area contributed by atoms with Crippen LogP contribution >= 0.6 is 11.8 Å². The van der Waals surface area contributed by atoms with Gasteiger partial charge in [0.25, 0.3) is 5.69 Å². The number of nitrogens with two attached hydrogens (primary N) is 1. The normalized spacial score (nSPS) is 11.9. The molecule has 1 atom stereocenters. The van der Waals surface area contributed by atoms with Crippen LogP contribution in [0.2, 0.25) is 0 Å². The summed E-state index contributed by atoms with van der Waals surface area (Å²) in [5.41, 5.74) is 5.72. The maximum Gasteiger partial charge on any atom is 0.292 e. The van der Waals surface area contributed by atoms with E-state index in [0.717, 1.165) is 5.75 Å². The van der Waals surface area contributed by atoms with Crippen LogP contribution < -0.4 is 11.1 Å². The van der Waals surface area contributed by atoms with Gasteiger partial charge in [-0.15, -0.1) is 0 Å². The van der Waals surface area contributed by atoms with Gasteiger partial charge in [0.1, 0.15) is 5.69 Å². The lowest BCUT2D eigenvalue weighted by Crippen LogP contribution is -2.36. The number of thioether (sulfide) groups is 1. The monoisotopic (exact) mass is 269 g/mol. The van der Waals surface area contributed by atoms with E-state index in [1.54, 1.807) is 23.9 Å². The highest BCUT2D eigenvalue weighted by atomic mass is 32.2. The number of amides is 1. The van der Waals surface area contributed by atoms with Gasteiger partial charge in [-0.1, -0.05) is 12.1 Å². The third kappa shape index (κ3) is 4.01. The van der Waals surface area contributed by atoms with Gasteiger partial charge in [-0.05, 0) is 24.5 Å². The molecule has 0 aromatic heterocycles. The van der Waals surface area contributed by atoms with Crippen molar-refractivity contribution in [3.8, 4) is 0 Å². The van der Waals surface area contributed by atoms with Crippen LogP contribution in [0.1, 0.15) is 6.42 Å². The zero-order valence-corrected chi connectivity index (χ0v) is 10.8. The number of para-hydroxylation sites is 2. The van der Waals surface area contributed by atoms with Crippen molar-refractivity contribution in [2.24, 2.45) is 5.73 Å². The van der Waals surface area contributed by atoms with Gasteiger partial charge in [0.05, 0.1) is 11.0 Å². The SMILES string of the molecule is CSCC[C@H](N)C(=O)Nc1ccccc1[N+](=O)[O-]. The molecule has 0 saturated heterocycles. The van der Waals surface area contributed by atoms with Crippen LogP contribution in [0, 0.1) is 10.1 Å². The van der Waals surface area contributed by atoms with Crippen molar-refractivity contribution in [2.75, 3.05) is 17.3 Å². The summed E-state index contributed by atoms with van der Waals surface area (Å²) in [6.45, 7) is 0. The molecule has 0 radical (unpaired) electrons. The zero-order chi connectivity index (χ0) is 13.5. The van der Waals surface area contributed by atoms with Crippen molar-refractivity contribution in [3.63, 3.8) is 0 Å². The highest BCUT2D eigenvalue weighted by Gasteiger charge is 2.18. The molecule has 1 aromatic carbocycles. The van der Waals surface area contributed by atoms with E-state index in [2.05, 4.69) is 5.32 Å². The predicted octanol–water partition coefficient (Wildman–Crippen LogP) is 1.61. The molecule has 1 aromatic rings. The number of nitrogens with one attached hydrogen (secondary N) is 1. The van der Waals surface area contributed by atoms with E-state index in [4.69, 9.17) is 5.73 Å². The summed E-state index contributed by atoms with van der Waals surface area (Å²) in [5, 5.41) is 13.3. The molecule has 98 valence electrons. The highest BCUT2D eigenvalue weighted by Crippen LogP contribution is 2.23. The smallest absolute Gasteiger partial charge is 0.292 e. The van der Waals surface area contributed by atoms with E-state index in [0.29, 0.717) is 6.42 Å². The number of nitro groups is 1. The van der Waals surface area contributed by atoms with E-state index in [1.807, 2.05) is 6.26 Å². The second-order valence-electron chi connectivity index (χ2n) is 3.65. The first-order valence-corrected chi connectivity index (χ1v) is 6.74. The minimum absolute atomic E-state index is 0.136. The van der Waals surface area contributed by atoms with Gasteiger partial charge in [0.2, 0.25) is 5.91 Å². The second kappa shape index (κ2) is 6.97. The van der Waals surface area contributed by atoms with Crippen molar-refractivity contribution < 1.29 is 9.72 Å². The maximum absolute atomic E-state index is 11.7. The summed E-state index contributed by atoms with van der Waals surface area (Å²) >= 11 is 1.59. The Labute approximate surface area is 109 Å². The summed E-state index contributed by atoms with van der Waals surface area (Å²) in [7, 11) is 0. The first kappa shape index (κ1) is 14.5. The van der Waals surface area contributed by atoms with Crippen LogP contribution in [-0.4, -0.2) is 28.9 Å². The van der Waals surface area contributed by atoms with Gasteiger partial charge in [-0.3, -0.25) is 14.9 Å². The van der Waals surface area contributed by atoms with Crippen LogP contribution in [-0.2, 0) is 4.79 Å². The Morgan fingerprint density at radius 1 is 1.56 bits per heavy atom. The molecule has 0 saturated carbocycles. The van der Waals surface area contributed by atoms with Gasteiger partial charge < -0.3 is 11.1 Å². The summed E-state index contributed by atoms with van der Waals surface area (Å²) in [6, 6.07) is 5.33. The van der Waals surface area contributed by atoms with Gasteiger partial charge in [-0.2, -0.15) is 11.8 Å². The number of hydrogen-bond acceptors (Lipinski definition) is 5. The standard InChI is InChI=1S/C11H15N3O3S/c1-18-7-6-8(12)11(15)13-9-4-2-3-5-10(9)14(16)17/h2-5,8H,6-7,12H2,1H3,(H,13,15)/t8-/m0/s1. The topological polar surface area (TPSA) is 98.3 Å². The van der Waals surface area contributed by atoms with E-state index in [-0.39, 0.29) is 11.4 Å². The molecule has 3 N–H and O–H groups in total. The first-order chi connectivity index (χ1) is 8.56. The average Bonchev–Trinajstić information content (AvgIpc) is 2.36. The van der Waals surface area contributed by atoms with E-state index in [9.17, 15) is 14.9 Å². The minimum Gasteiger partial charge on any atom is -0.320 e. The Morgan fingerprint density at radius 3 is 2.83 bits per heavy atom. The van der Waals surface area contributed by atoms with Crippen molar-refractivity contribution in [1.82, 2.24) is 0 Å². The van der Waals surface area contributed by atoms with Gasteiger partial charge in [-0.25, -0.2) is 0 Å². The van der Waals surface area contributed by atoms with Crippen LogP contribution in [0.3, 0.4) is 0 Å². The molecule has 0 spiro atoms. The Kier molecular flexibility index (Phi) is 5.60. The Bertz CT molecular complexity index is 439. The zero-order valence-electron chi connectivity index (χ0n) is 9.96. The molecule has 0 fully saturated rings. The van der Waals surface area contributed by atoms with Crippen molar-refractivity contribution in [3.05, 3.63) is 34.4 Å². The summed E-state index contributed by atoms with van der Waals surface area (Å²) in [5.74, 6) is 0.365. The molecule has 0 aliphatic rings. The molecule has 0 bridgehead atoms. The van der Waals surface area contributed by atoms with Gasteiger partial charge in [0, 0.05) is 6.07 Å². The first-order valence-electron chi connectivity index (χ1n) is 5.35. The maximum atomic E-state index is 11.7. The summed E-state index contributed by atoms with van der Waals surface area (Å²) in [4.78, 5) is 22.0. The van der Waals surface area contributed by atoms with Crippen LogP contribution in [0.5, 0.6) is 0 Å². The molecule has 0 unspecified atom stereocenters. The van der Waals surface area contributed by atoms with Crippen LogP contribution in [0.4, 0.5) is 11.4 Å². The molecule has 1 amide bonds. The fraction of sp³-hybridized carbons (Fsp3) is 0.364.